The lowest BCUT2D eigenvalue weighted by Crippen LogP contribution is -2.11. The maximum absolute atomic E-state index is 5.60. The van der Waals surface area contributed by atoms with Gasteiger partial charge in [-0.1, -0.05) is 6.92 Å². The number of rotatable bonds is 6. The summed E-state index contributed by atoms with van der Waals surface area (Å²) in [5.41, 5.74) is 2.21. The highest BCUT2D eigenvalue weighted by molar-refractivity contribution is 7.12. The Labute approximate surface area is 130 Å². The number of nitrogens with zero attached hydrogens (tertiary/aromatic N) is 2. The number of thiophene rings is 1. The Morgan fingerprint density at radius 3 is 2.62 bits per heavy atom. The van der Waals surface area contributed by atoms with Crippen molar-refractivity contribution in [2.45, 2.75) is 47.1 Å². The number of hydrogen-bond acceptors (Lipinski definition) is 5. The first-order valence-electron chi connectivity index (χ1n) is 7.31. The van der Waals surface area contributed by atoms with Gasteiger partial charge in [-0.25, -0.2) is 4.98 Å². The minimum atomic E-state index is 0.177. The molecule has 2 aromatic heterocycles. The highest BCUT2D eigenvalue weighted by Gasteiger charge is 2.13. The maximum Gasteiger partial charge on any atom is 0.226 e. The Balaban J connectivity index is 2.14. The van der Waals surface area contributed by atoms with Gasteiger partial charge in [0.25, 0.3) is 0 Å². The summed E-state index contributed by atoms with van der Waals surface area (Å²) < 4.78 is 5.60. The maximum atomic E-state index is 5.60. The smallest absolute Gasteiger partial charge is 0.226 e. The van der Waals surface area contributed by atoms with Crippen LogP contribution < -0.4 is 10.1 Å². The van der Waals surface area contributed by atoms with Crippen molar-refractivity contribution in [2.24, 2.45) is 0 Å². The van der Waals surface area contributed by atoms with Gasteiger partial charge in [0.05, 0.1) is 12.6 Å². The molecule has 2 heterocycles. The first-order valence-corrected chi connectivity index (χ1v) is 8.13. The molecular weight excluding hydrogens is 282 g/mol. The summed E-state index contributed by atoms with van der Waals surface area (Å²) in [5.74, 6) is 1.26. The van der Waals surface area contributed by atoms with E-state index >= 15 is 0 Å². The van der Waals surface area contributed by atoms with Gasteiger partial charge in [-0.3, -0.25) is 0 Å². The molecule has 0 radical (unpaired) electrons. The molecule has 0 amide bonds. The second-order valence-electron chi connectivity index (χ2n) is 5.25. The number of ether oxygens (including phenoxy) is 1. The second kappa shape index (κ2) is 6.89. The monoisotopic (exact) mass is 305 g/mol. The molecule has 114 valence electrons. The molecule has 1 N–H and O–H groups in total. The molecule has 0 spiro atoms. The summed E-state index contributed by atoms with van der Waals surface area (Å²) in [6.07, 6.45) is 0.968. The second-order valence-corrected chi connectivity index (χ2v) is 6.71. The molecule has 0 aliphatic rings. The van der Waals surface area contributed by atoms with Crippen molar-refractivity contribution in [1.82, 2.24) is 9.97 Å². The molecule has 2 rings (SSSR count). The van der Waals surface area contributed by atoms with Crippen LogP contribution in [0.5, 0.6) is 5.88 Å². The van der Waals surface area contributed by atoms with Gasteiger partial charge in [0.2, 0.25) is 11.8 Å². The van der Waals surface area contributed by atoms with Gasteiger partial charge in [0.1, 0.15) is 0 Å². The van der Waals surface area contributed by atoms with Gasteiger partial charge in [-0.15, -0.1) is 11.3 Å². The first kappa shape index (κ1) is 15.8. The lowest BCUT2D eigenvalue weighted by molar-refractivity contribution is 0.305. The zero-order valence-corrected chi connectivity index (χ0v) is 14.2. The third-order valence-electron chi connectivity index (χ3n) is 3.18. The Bertz CT molecular complexity index is 610. The number of nitrogens with one attached hydrogen (secondary N) is 1. The van der Waals surface area contributed by atoms with E-state index in [1.807, 2.05) is 24.3 Å². The minimum absolute atomic E-state index is 0.177. The molecule has 5 heteroatoms. The van der Waals surface area contributed by atoms with Crippen LogP contribution in [0.4, 0.5) is 5.95 Å². The standard InChI is InChI=1S/C16H23N3OS/c1-6-7-20-15-8-10(2)17-16(19-15)18-12(4)14-9-11(3)21-13(14)5/h8-9,12H,6-7H2,1-5H3,(H,17,18,19). The number of anilines is 1. The molecule has 1 atom stereocenters. The van der Waals surface area contributed by atoms with Crippen LogP contribution in [-0.2, 0) is 0 Å². The zero-order valence-electron chi connectivity index (χ0n) is 13.4. The molecule has 0 aliphatic carbocycles. The molecule has 2 aromatic rings. The lowest BCUT2D eigenvalue weighted by Gasteiger charge is -2.15. The predicted molar refractivity (Wildman–Crippen MR) is 88.4 cm³/mol. The van der Waals surface area contributed by atoms with Crippen molar-refractivity contribution in [2.75, 3.05) is 11.9 Å². The van der Waals surface area contributed by atoms with E-state index in [9.17, 15) is 0 Å². The Kier molecular flexibility index (Phi) is 5.17. The van der Waals surface area contributed by atoms with Crippen LogP contribution in [0.25, 0.3) is 0 Å². The Morgan fingerprint density at radius 2 is 2.00 bits per heavy atom. The van der Waals surface area contributed by atoms with E-state index in [0.29, 0.717) is 18.4 Å². The fourth-order valence-electron chi connectivity index (χ4n) is 2.24. The van der Waals surface area contributed by atoms with Crippen LogP contribution in [0.2, 0.25) is 0 Å². The van der Waals surface area contributed by atoms with Crippen molar-refractivity contribution >= 4 is 17.3 Å². The van der Waals surface area contributed by atoms with E-state index in [-0.39, 0.29) is 6.04 Å². The van der Waals surface area contributed by atoms with Gasteiger partial charge >= 0.3 is 0 Å². The van der Waals surface area contributed by atoms with Crippen LogP contribution in [0, 0.1) is 20.8 Å². The lowest BCUT2D eigenvalue weighted by atomic mass is 10.1. The topological polar surface area (TPSA) is 47.0 Å². The Hall–Kier alpha value is -1.62. The molecule has 0 aliphatic heterocycles. The summed E-state index contributed by atoms with van der Waals surface area (Å²) in [5, 5.41) is 3.37. The number of hydrogen-bond donors (Lipinski definition) is 1. The van der Waals surface area contributed by atoms with Crippen molar-refractivity contribution in [3.63, 3.8) is 0 Å². The average molecular weight is 305 g/mol. The molecule has 21 heavy (non-hydrogen) atoms. The molecule has 1 unspecified atom stereocenters. The van der Waals surface area contributed by atoms with E-state index in [2.05, 4.69) is 49.0 Å². The normalized spacial score (nSPS) is 12.2. The highest BCUT2D eigenvalue weighted by atomic mass is 32.1. The van der Waals surface area contributed by atoms with Gasteiger partial charge in [0, 0.05) is 21.5 Å². The molecule has 0 bridgehead atoms. The van der Waals surface area contributed by atoms with Crippen molar-refractivity contribution in [3.05, 3.63) is 33.1 Å². The molecular formula is C16H23N3OS. The van der Waals surface area contributed by atoms with Gasteiger partial charge in [-0.2, -0.15) is 4.98 Å². The van der Waals surface area contributed by atoms with E-state index in [0.717, 1.165) is 12.1 Å². The van der Waals surface area contributed by atoms with E-state index in [1.54, 1.807) is 0 Å². The molecule has 0 saturated carbocycles. The van der Waals surface area contributed by atoms with Crippen LogP contribution in [-0.4, -0.2) is 16.6 Å². The van der Waals surface area contributed by atoms with E-state index in [4.69, 9.17) is 4.74 Å². The average Bonchev–Trinajstić information content (AvgIpc) is 2.75. The highest BCUT2D eigenvalue weighted by Crippen LogP contribution is 2.28. The molecule has 0 fully saturated rings. The third kappa shape index (κ3) is 4.17. The fourth-order valence-corrected chi connectivity index (χ4v) is 3.26. The van der Waals surface area contributed by atoms with Crippen molar-refractivity contribution < 1.29 is 4.74 Å². The zero-order chi connectivity index (χ0) is 15.4. The third-order valence-corrected chi connectivity index (χ3v) is 4.16. The summed E-state index contributed by atoms with van der Waals surface area (Å²) in [6.45, 7) is 11.1. The van der Waals surface area contributed by atoms with E-state index in [1.165, 1.54) is 15.3 Å². The first-order chi connectivity index (χ1) is 9.99. The summed E-state index contributed by atoms with van der Waals surface area (Å²) in [6, 6.07) is 4.27. The van der Waals surface area contributed by atoms with Gasteiger partial charge in [0.15, 0.2) is 0 Å². The molecule has 0 aromatic carbocycles. The predicted octanol–water partition coefficient (Wildman–Crippen LogP) is 4.43. The SMILES string of the molecule is CCCOc1cc(C)nc(NC(C)c2cc(C)sc2C)n1. The van der Waals surface area contributed by atoms with Crippen molar-refractivity contribution in [3.8, 4) is 5.88 Å². The number of aryl methyl sites for hydroxylation is 3. The summed E-state index contributed by atoms with van der Waals surface area (Å²) in [7, 11) is 0. The minimum Gasteiger partial charge on any atom is -0.478 e. The summed E-state index contributed by atoms with van der Waals surface area (Å²) in [4.78, 5) is 11.5. The van der Waals surface area contributed by atoms with E-state index < -0.39 is 0 Å². The number of aromatic nitrogens is 2. The van der Waals surface area contributed by atoms with Crippen LogP contribution in [0.3, 0.4) is 0 Å². The quantitative estimate of drug-likeness (QED) is 0.858. The fraction of sp³-hybridized carbons (Fsp3) is 0.500. The Morgan fingerprint density at radius 1 is 1.24 bits per heavy atom. The van der Waals surface area contributed by atoms with Gasteiger partial charge in [-0.05, 0) is 45.7 Å². The summed E-state index contributed by atoms with van der Waals surface area (Å²) >= 11 is 1.82. The largest absolute Gasteiger partial charge is 0.478 e. The van der Waals surface area contributed by atoms with Gasteiger partial charge < -0.3 is 10.1 Å². The van der Waals surface area contributed by atoms with Crippen LogP contribution in [0.1, 0.15) is 47.3 Å². The molecule has 4 nitrogen and oxygen atoms in total. The van der Waals surface area contributed by atoms with Crippen LogP contribution >= 0.6 is 11.3 Å². The molecule has 0 saturated heterocycles. The van der Waals surface area contributed by atoms with Crippen molar-refractivity contribution in [1.29, 1.82) is 0 Å². The van der Waals surface area contributed by atoms with Crippen LogP contribution in [0.15, 0.2) is 12.1 Å².